The number of nitrogens with zero attached hydrogens (tertiary/aromatic N) is 2. The minimum atomic E-state index is 0. The summed E-state index contributed by atoms with van der Waals surface area (Å²) in [6.07, 6.45) is 2.62. The minimum Gasteiger partial charge on any atom is -0.351 e. The smallest absolute Gasteiger partial charge is 0.193 e. The molecule has 0 aromatic carbocycles. The van der Waals surface area contributed by atoms with Crippen molar-refractivity contribution in [3.05, 3.63) is 22.4 Å². The van der Waals surface area contributed by atoms with Crippen LogP contribution in [-0.2, 0) is 6.54 Å². The fourth-order valence-corrected chi connectivity index (χ4v) is 2.94. The van der Waals surface area contributed by atoms with E-state index in [0.717, 1.165) is 31.5 Å². The van der Waals surface area contributed by atoms with Gasteiger partial charge in [0.1, 0.15) is 0 Å². The molecular weight excluding hydrogens is 357 g/mol. The molecule has 1 aliphatic heterocycles. The lowest BCUT2D eigenvalue weighted by molar-refractivity contribution is 0.266. The standard InChI is InChI=1S/C13H21N3S.HI/c1-11-5-3-7-16(10-11)13(14-2)15-9-12-6-4-8-17-12;/h4,6,8,11H,3,5,7,9-10H2,1-2H3,(H,14,15);1H. The average molecular weight is 379 g/mol. The van der Waals surface area contributed by atoms with Crippen LogP contribution < -0.4 is 5.32 Å². The Kier molecular flexibility index (Phi) is 6.99. The number of aliphatic imine (C=N–C) groups is 1. The molecule has 2 heterocycles. The first-order valence-corrected chi connectivity index (χ1v) is 7.15. The molecule has 1 unspecified atom stereocenters. The molecule has 18 heavy (non-hydrogen) atoms. The van der Waals surface area contributed by atoms with Crippen molar-refractivity contribution >= 4 is 41.3 Å². The molecule has 0 amide bonds. The predicted octanol–water partition coefficient (Wildman–Crippen LogP) is 3.17. The highest BCUT2D eigenvalue weighted by molar-refractivity contribution is 14.0. The number of nitrogens with one attached hydrogen (secondary N) is 1. The van der Waals surface area contributed by atoms with Gasteiger partial charge in [0.15, 0.2) is 5.96 Å². The lowest BCUT2D eigenvalue weighted by atomic mass is 10.0. The summed E-state index contributed by atoms with van der Waals surface area (Å²) in [5, 5.41) is 5.56. The van der Waals surface area contributed by atoms with E-state index in [2.05, 4.69) is 39.6 Å². The Hall–Kier alpha value is -0.300. The van der Waals surface area contributed by atoms with Crippen molar-refractivity contribution in [1.29, 1.82) is 0 Å². The quantitative estimate of drug-likeness (QED) is 0.486. The van der Waals surface area contributed by atoms with E-state index in [1.165, 1.54) is 17.7 Å². The van der Waals surface area contributed by atoms with Gasteiger partial charge in [-0.25, -0.2) is 0 Å². The summed E-state index contributed by atoms with van der Waals surface area (Å²) in [6, 6.07) is 4.25. The molecule has 3 nitrogen and oxygen atoms in total. The maximum absolute atomic E-state index is 4.38. The number of hydrogen-bond acceptors (Lipinski definition) is 2. The third-order valence-corrected chi connectivity index (χ3v) is 4.05. The Morgan fingerprint density at radius 3 is 3.06 bits per heavy atom. The van der Waals surface area contributed by atoms with Crippen LogP contribution in [0.1, 0.15) is 24.6 Å². The number of thiophene rings is 1. The van der Waals surface area contributed by atoms with E-state index < -0.39 is 0 Å². The second-order valence-corrected chi connectivity index (χ2v) is 5.71. The van der Waals surface area contributed by atoms with Gasteiger partial charge in [-0.2, -0.15) is 0 Å². The van der Waals surface area contributed by atoms with Crippen LogP contribution in [0.15, 0.2) is 22.5 Å². The second-order valence-electron chi connectivity index (χ2n) is 4.67. The van der Waals surface area contributed by atoms with Crippen LogP contribution in [-0.4, -0.2) is 31.0 Å². The first-order chi connectivity index (χ1) is 8.29. The molecule has 1 atom stereocenters. The summed E-state index contributed by atoms with van der Waals surface area (Å²) in [6.45, 7) is 5.46. The summed E-state index contributed by atoms with van der Waals surface area (Å²) in [5.41, 5.74) is 0. The summed E-state index contributed by atoms with van der Waals surface area (Å²) in [7, 11) is 1.87. The van der Waals surface area contributed by atoms with Crippen LogP contribution in [0.25, 0.3) is 0 Å². The van der Waals surface area contributed by atoms with E-state index in [1.54, 1.807) is 11.3 Å². The van der Waals surface area contributed by atoms with Gasteiger partial charge in [0.25, 0.3) is 0 Å². The molecule has 1 aliphatic rings. The van der Waals surface area contributed by atoms with Crippen LogP contribution in [0.4, 0.5) is 0 Å². The fourth-order valence-electron chi connectivity index (χ4n) is 2.29. The minimum absolute atomic E-state index is 0. The predicted molar refractivity (Wildman–Crippen MR) is 89.9 cm³/mol. The van der Waals surface area contributed by atoms with Gasteiger partial charge in [-0.15, -0.1) is 35.3 Å². The maximum Gasteiger partial charge on any atom is 0.193 e. The lowest BCUT2D eigenvalue weighted by Crippen LogP contribution is -2.45. The van der Waals surface area contributed by atoms with Gasteiger partial charge in [0.2, 0.25) is 0 Å². The highest BCUT2D eigenvalue weighted by Crippen LogP contribution is 2.15. The van der Waals surface area contributed by atoms with Crippen LogP contribution in [0, 0.1) is 5.92 Å². The Morgan fingerprint density at radius 2 is 2.44 bits per heavy atom. The fraction of sp³-hybridized carbons (Fsp3) is 0.615. The zero-order valence-corrected chi connectivity index (χ0v) is 14.2. The van der Waals surface area contributed by atoms with Crippen molar-refractivity contribution in [3.8, 4) is 0 Å². The molecule has 0 bridgehead atoms. The van der Waals surface area contributed by atoms with Crippen LogP contribution >= 0.6 is 35.3 Å². The largest absolute Gasteiger partial charge is 0.351 e. The molecule has 0 radical (unpaired) electrons. The molecule has 1 fully saturated rings. The van der Waals surface area contributed by atoms with Gasteiger partial charge in [0, 0.05) is 25.0 Å². The molecule has 1 aromatic heterocycles. The zero-order chi connectivity index (χ0) is 12.1. The number of guanidine groups is 1. The summed E-state index contributed by atoms with van der Waals surface area (Å²) in [4.78, 5) is 8.12. The third kappa shape index (κ3) is 4.42. The van der Waals surface area contributed by atoms with Gasteiger partial charge < -0.3 is 10.2 Å². The Morgan fingerprint density at radius 1 is 1.61 bits per heavy atom. The first-order valence-electron chi connectivity index (χ1n) is 6.27. The number of piperidine rings is 1. The SMILES string of the molecule is CN=C(NCc1cccs1)N1CCCC(C)C1.I. The molecule has 0 spiro atoms. The topological polar surface area (TPSA) is 27.6 Å². The first kappa shape index (κ1) is 15.8. The van der Waals surface area contributed by atoms with Gasteiger partial charge in [-0.3, -0.25) is 4.99 Å². The molecule has 5 heteroatoms. The molecule has 102 valence electrons. The Bertz CT molecular complexity index is 364. The second kappa shape index (κ2) is 7.99. The van der Waals surface area contributed by atoms with Crippen molar-refractivity contribution in [2.45, 2.75) is 26.3 Å². The normalized spacial score (nSPS) is 20.4. The number of halogens is 1. The van der Waals surface area contributed by atoms with Gasteiger partial charge >= 0.3 is 0 Å². The number of hydrogen-bond donors (Lipinski definition) is 1. The summed E-state index contributed by atoms with van der Waals surface area (Å²) in [5.74, 6) is 1.83. The van der Waals surface area contributed by atoms with Crippen LogP contribution in [0.5, 0.6) is 0 Å². The molecular formula is C13H22IN3S. The molecule has 1 N–H and O–H groups in total. The van der Waals surface area contributed by atoms with E-state index >= 15 is 0 Å². The van der Waals surface area contributed by atoms with Crippen molar-refractivity contribution in [2.24, 2.45) is 10.9 Å². The molecule has 1 saturated heterocycles. The monoisotopic (exact) mass is 379 g/mol. The van der Waals surface area contributed by atoms with Crippen molar-refractivity contribution in [2.75, 3.05) is 20.1 Å². The van der Waals surface area contributed by atoms with Crippen LogP contribution in [0.2, 0.25) is 0 Å². The average Bonchev–Trinajstić information content (AvgIpc) is 2.83. The third-order valence-electron chi connectivity index (χ3n) is 3.17. The Balaban J connectivity index is 0.00000162. The number of rotatable bonds is 2. The Labute approximate surface area is 131 Å². The molecule has 0 aliphatic carbocycles. The van der Waals surface area contributed by atoms with Crippen molar-refractivity contribution < 1.29 is 0 Å². The summed E-state index contributed by atoms with van der Waals surface area (Å²) >= 11 is 1.79. The van der Waals surface area contributed by atoms with Crippen molar-refractivity contribution in [3.63, 3.8) is 0 Å². The maximum atomic E-state index is 4.38. The van der Waals surface area contributed by atoms with E-state index in [-0.39, 0.29) is 24.0 Å². The van der Waals surface area contributed by atoms with E-state index in [9.17, 15) is 0 Å². The van der Waals surface area contributed by atoms with Crippen LogP contribution in [0.3, 0.4) is 0 Å². The summed E-state index contributed by atoms with van der Waals surface area (Å²) < 4.78 is 0. The van der Waals surface area contributed by atoms with E-state index in [1.807, 2.05) is 7.05 Å². The van der Waals surface area contributed by atoms with Gasteiger partial charge in [-0.1, -0.05) is 13.0 Å². The molecule has 2 rings (SSSR count). The molecule has 1 aromatic rings. The van der Waals surface area contributed by atoms with E-state index in [0.29, 0.717) is 0 Å². The molecule has 0 saturated carbocycles. The van der Waals surface area contributed by atoms with Gasteiger partial charge in [-0.05, 0) is 30.2 Å². The highest BCUT2D eigenvalue weighted by Gasteiger charge is 2.18. The number of likely N-dealkylation sites (tertiary alicyclic amines) is 1. The highest BCUT2D eigenvalue weighted by atomic mass is 127. The van der Waals surface area contributed by atoms with Crippen molar-refractivity contribution in [1.82, 2.24) is 10.2 Å². The van der Waals surface area contributed by atoms with Gasteiger partial charge in [0.05, 0.1) is 6.54 Å². The zero-order valence-electron chi connectivity index (χ0n) is 11.1. The van der Waals surface area contributed by atoms with E-state index in [4.69, 9.17) is 0 Å². The lowest BCUT2D eigenvalue weighted by Gasteiger charge is -2.33.